The first-order valence-corrected chi connectivity index (χ1v) is 8.99. The number of carbonyl (C=O) groups excluding carboxylic acids is 1. The van der Waals surface area contributed by atoms with Crippen molar-refractivity contribution in [1.29, 1.82) is 0 Å². The molecule has 0 unspecified atom stereocenters. The van der Waals surface area contributed by atoms with Crippen molar-refractivity contribution in [2.45, 2.75) is 26.8 Å². The minimum atomic E-state index is 0.257. The SMILES string of the molecule is CSCCN1CCN(C(=O)CCn2nc(C)cc2C)CC1. The highest BCUT2D eigenvalue weighted by atomic mass is 32.2. The topological polar surface area (TPSA) is 41.4 Å². The molecule has 2 heterocycles. The van der Waals surface area contributed by atoms with Gasteiger partial charge in [-0.1, -0.05) is 0 Å². The van der Waals surface area contributed by atoms with Crippen LogP contribution in [0.2, 0.25) is 0 Å². The van der Waals surface area contributed by atoms with Gasteiger partial charge < -0.3 is 4.90 Å². The predicted molar refractivity (Wildman–Crippen MR) is 87.7 cm³/mol. The molecule has 1 saturated heterocycles. The summed E-state index contributed by atoms with van der Waals surface area (Å²) in [5, 5.41) is 4.41. The lowest BCUT2D eigenvalue weighted by Gasteiger charge is -2.34. The molecule has 1 fully saturated rings. The Labute approximate surface area is 131 Å². The molecule has 0 aromatic carbocycles. The molecule has 0 radical (unpaired) electrons. The van der Waals surface area contributed by atoms with E-state index in [9.17, 15) is 4.79 Å². The monoisotopic (exact) mass is 310 g/mol. The third kappa shape index (κ3) is 4.74. The first-order chi connectivity index (χ1) is 10.1. The molecule has 1 aromatic heterocycles. The number of thioether (sulfide) groups is 1. The van der Waals surface area contributed by atoms with Crippen molar-refractivity contribution in [3.63, 3.8) is 0 Å². The van der Waals surface area contributed by atoms with Gasteiger partial charge in [-0.15, -0.1) is 0 Å². The van der Waals surface area contributed by atoms with Gasteiger partial charge in [0.15, 0.2) is 0 Å². The molecule has 0 N–H and O–H groups in total. The lowest BCUT2D eigenvalue weighted by molar-refractivity contribution is -0.133. The van der Waals surface area contributed by atoms with E-state index < -0.39 is 0 Å². The fourth-order valence-electron chi connectivity index (χ4n) is 2.70. The standard InChI is InChI=1S/C15H26N4OS/c1-13-12-14(2)19(16-13)5-4-15(20)18-8-6-17(7-9-18)10-11-21-3/h12H,4-11H2,1-3H3. The number of hydrogen-bond donors (Lipinski definition) is 0. The van der Waals surface area contributed by atoms with Crippen molar-refractivity contribution < 1.29 is 4.79 Å². The van der Waals surface area contributed by atoms with Crippen molar-refractivity contribution in [3.8, 4) is 0 Å². The number of carbonyl (C=O) groups is 1. The Balaban J connectivity index is 1.73. The van der Waals surface area contributed by atoms with Gasteiger partial charge in [0.25, 0.3) is 0 Å². The second-order valence-corrected chi connectivity index (χ2v) is 6.60. The molecule has 0 spiro atoms. The summed E-state index contributed by atoms with van der Waals surface area (Å²) >= 11 is 1.88. The molecular weight excluding hydrogens is 284 g/mol. The molecular formula is C15H26N4OS. The normalized spacial score (nSPS) is 16.4. The van der Waals surface area contributed by atoms with E-state index in [1.165, 1.54) is 5.75 Å². The summed E-state index contributed by atoms with van der Waals surface area (Å²) in [5.41, 5.74) is 2.14. The summed E-state index contributed by atoms with van der Waals surface area (Å²) in [4.78, 5) is 16.7. The molecule has 21 heavy (non-hydrogen) atoms. The summed E-state index contributed by atoms with van der Waals surface area (Å²) in [5.74, 6) is 1.43. The molecule has 118 valence electrons. The lowest BCUT2D eigenvalue weighted by Crippen LogP contribution is -2.49. The van der Waals surface area contributed by atoms with Gasteiger partial charge in [0.2, 0.25) is 5.91 Å². The predicted octanol–water partition coefficient (Wildman–Crippen LogP) is 1.40. The fourth-order valence-corrected chi connectivity index (χ4v) is 3.14. The minimum Gasteiger partial charge on any atom is -0.340 e. The molecule has 0 aliphatic carbocycles. The van der Waals surface area contributed by atoms with Gasteiger partial charge in [0.05, 0.1) is 5.69 Å². The number of amides is 1. The highest BCUT2D eigenvalue weighted by molar-refractivity contribution is 7.98. The molecule has 1 aromatic rings. The summed E-state index contributed by atoms with van der Waals surface area (Å²) in [6.45, 7) is 9.58. The van der Waals surface area contributed by atoms with Gasteiger partial charge in [0, 0.05) is 57.1 Å². The van der Waals surface area contributed by atoms with Gasteiger partial charge in [-0.2, -0.15) is 16.9 Å². The quantitative estimate of drug-likeness (QED) is 0.796. The second kappa shape index (κ2) is 7.84. The van der Waals surface area contributed by atoms with E-state index in [1.807, 2.05) is 35.2 Å². The molecule has 1 amide bonds. The molecule has 2 rings (SSSR count). The van der Waals surface area contributed by atoms with E-state index in [0.717, 1.165) is 44.1 Å². The first kappa shape index (κ1) is 16.4. The van der Waals surface area contributed by atoms with Crippen LogP contribution in [0.25, 0.3) is 0 Å². The molecule has 0 bridgehead atoms. The highest BCUT2D eigenvalue weighted by Gasteiger charge is 2.20. The van der Waals surface area contributed by atoms with E-state index in [4.69, 9.17) is 0 Å². The molecule has 5 nitrogen and oxygen atoms in total. The van der Waals surface area contributed by atoms with Crippen molar-refractivity contribution in [2.24, 2.45) is 0 Å². The van der Waals surface area contributed by atoms with Crippen LogP contribution in [0.1, 0.15) is 17.8 Å². The number of hydrogen-bond acceptors (Lipinski definition) is 4. The van der Waals surface area contributed by atoms with Crippen LogP contribution < -0.4 is 0 Å². The van der Waals surface area contributed by atoms with E-state index in [0.29, 0.717) is 13.0 Å². The maximum Gasteiger partial charge on any atom is 0.224 e. The first-order valence-electron chi connectivity index (χ1n) is 7.60. The van der Waals surface area contributed by atoms with Crippen molar-refractivity contribution in [3.05, 3.63) is 17.5 Å². The number of aryl methyl sites for hydroxylation is 3. The zero-order valence-electron chi connectivity index (χ0n) is 13.3. The van der Waals surface area contributed by atoms with Crippen LogP contribution in [0.15, 0.2) is 6.07 Å². The van der Waals surface area contributed by atoms with Crippen molar-refractivity contribution in [1.82, 2.24) is 19.6 Å². The molecule has 1 aliphatic heterocycles. The lowest BCUT2D eigenvalue weighted by atomic mass is 10.2. The number of piperazine rings is 1. The van der Waals surface area contributed by atoms with E-state index >= 15 is 0 Å². The van der Waals surface area contributed by atoms with Crippen LogP contribution in [0.4, 0.5) is 0 Å². The van der Waals surface area contributed by atoms with Crippen LogP contribution in [-0.4, -0.2) is 70.2 Å². The smallest absolute Gasteiger partial charge is 0.224 e. The summed E-state index contributed by atoms with van der Waals surface area (Å²) in [6, 6.07) is 2.05. The Hall–Kier alpha value is -1.01. The van der Waals surface area contributed by atoms with Crippen LogP contribution in [0.3, 0.4) is 0 Å². The van der Waals surface area contributed by atoms with E-state index in [-0.39, 0.29) is 5.91 Å². The third-order valence-electron chi connectivity index (χ3n) is 3.98. The van der Waals surface area contributed by atoms with Gasteiger partial charge in [-0.05, 0) is 26.2 Å². The zero-order chi connectivity index (χ0) is 15.2. The summed E-state index contributed by atoms with van der Waals surface area (Å²) in [6.07, 6.45) is 2.69. The van der Waals surface area contributed by atoms with Crippen molar-refractivity contribution >= 4 is 17.7 Å². The van der Waals surface area contributed by atoms with Crippen LogP contribution >= 0.6 is 11.8 Å². The zero-order valence-corrected chi connectivity index (χ0v) is 14.2. The Bertz CT molecular complexity index is 466. The second-order valence-electron chi connectivity index (χ2n) is 5.62. The van der Waals surface area contributed by atoms with E-state index in [2.05, 4.69) is 22.3 Å². The third-order valence-corrected chi connectivity index (χ3v) is 4.57. The maximum absolute atomic E-state index is 12.3. The van der Waals surface area contributed by atoms with Crippen molar-refractivity contribution in [2.75, 3.05) is 44.7 Å². The minimum absolute atomic E-state index is 0.257. The Morgan fingerprint density at radius 3 is 2.52 bits per heavy atom. The van der Waals surface area contributed by atoms with Gasteiger partial charge in [0.1, 0.15) is 0 Å². The Kier molecular flexibility index (Phi) is 6.11. The number of nitrogens with zero attached hydrogens (tertiary/aromatic N) is 4. The van der Waals surface area contributed by atoms with Crippen LogP contribution in [0.5, 0.6) is 0 Å². The summed E-state index contributed by atoms with van der Waals surface area (Å²) in [7, 11) is 0. The summed E-state index contributed by atoms with van der Waals surface area (Å²) < 4.78 is 1.93. The van der Waals surface area contributed by atoms with Gasteiger partial charge >= 0.3 is 0 Å². The number of aromatic nitrogens is 2. The Morgan fingerprint density at radius 1 is 1.24 bits per heavy atom. The molecule has 6 heteroatoms. The molecule has 1 aliphatic rings. The Morgan fingerprint density at radius 2 is 1.95 bits per heavy atom. The average Bonchev–Trinajstić information content (AvgIpc) is 2.81. The van der Waals surface area contributed by atoms with Crippen LogP contribution in [0, 0.1) is 13.8 Å². The molecule has 0 saturated carbocycles. The van der Waals surface area contributed by atoms with Crippen LogP contribution in [-0.2, 0) is 11.3 Å². The highest BCUT2D eigenvalue weighted by Crippen LogP contribution is 2.07. The fraction of sp³-hybridized carbons (Fsp3) is 0.733. The number of rotatable bonds is 6. The molecule has 0 atom stereocenters. The van der Waals surface area contributed by atoms with Gasteiger partial charge in [-0.3, -0.25) is 14.4 Å². The van der Waals surface area contributed by atoms with Gasteiger partial charge in [-0.25, -0.2) is 0 Å². The largest absolute Gasteiger partial charge is 0.340 e. The average molecular weight is 310 g/mol. The maximum atomic E-state index is 12.3. The van der Waals surface area contributed by atoms with E-state index in [1.54, 1.807) is 0 Å².